The van der Waals surface area contributed by atoms with E-state index < -0.39 is 5.97 Å². The SMILES string of the molecule is O=C(/C=C/c1cccnc1)NC1CCC(C(=O)O)CC1. The highest BCUT2D eigenvalue weighted by atomic mass is 16.4. The van der Waals surface area contributed by atoms with E-state index in [0.717, 1.165) is 18.4 Å². The number of hydrogen-bond acceptors (Lipinski definition) is 3. The number of carbonyl (C=O) groups is 2. The van der Waals surface area contributed by atoms with Gasteiger partial charge >= 0.3 is 5.97 Å². The lowest BCUT2D eigenvalue weighted by molar-refractivity contribution is -0.142. The van der Waals surface area contributed by atoms with E-state index in [-0.39, 0.29) is 17.9 Å². The minimum absolute atomic E-state index is 0.0802. The number of nitrogens with one attached hydrogen (secondary N) is 1. The molecule has 1 aliphatic rings. The third-order valence-electron chi connectivity index (χ3n) is 3.53. The molecular weight excluding hydrogens is 256 g/mol. The molecule has 0 spiro atoms. The smallest absolute Gasteiger partial charge is 0.306 e. The zero-order valence-corrected chi connectivity index (χ0v) is 11.2. The van der Waals surface area contributed by atoms with Gasteiger partial charge in [-0.3, -0.25) is 14.6 Å². The van der Waals surface area contributed by atoms with E-state index in [1.807, 2.05) is 12.1 Å². The number of hydrogen-bond donors (Lipinski definition) is 2. The van der Waals surface area contributed by atoms with E-state index in [2.05, 4.69) is 10.3 Å². The zero-order valence-electron chi connectivity index (χ0n) is 11.2. The second-order valence-electron chi connectivity index (χ2n) is 5.02. The van der Waals surface area contributed by atoms with E-state index in [9.17, 15) is 9.59 Å². The molecule has 0 bridgehead atoms. The first-order chi connectivity index (χ1) is 9.65. The van der Waals surface area contributed by atoms with E-state index in [1.165, 1.54) is 6.08 Å². The van der Waals surface area contributed by atoms with Crippen molar-refractivity contribution in [1.82, 2.24) is 10.3 Å². The zero-order chi connectivity index (χ0) is 14.4. The summed E-state index contributed by atoms with van der Waals surface area (Å²) in [6, 6.07) is 3.76. The van der Waals surface area contributed by atoms with E-state index in [1.54, 1.807) is 18.5 Å². The highest BCUT2D eigenvalue weighted by molar-refractivity contribution is 5.91. The molecule has 5 nitrogen and oxygen atoms in total. The van der Waals surface area contributed by atoms with E-state index in [0.29, 0.717) is 12.8 Å². The summed E-state index contributed by atoms with van der Waals surface area (Å²) in [5, 5.41) is 11.8. The first-order valence-electron chi connectivity index (χ1n) is 6.76. The van der Waals surface area contributed by atoms with Crippen molar-refractivity contribution in [3.8, 4) is 0 Å². The van der Waals surface area contributed by atoms with Gasteiger partial charge in [0.15, 0.2) is 0 Å². The van der Waals surface area contributed by atoms with Crippen LogP contribution in [0.3, 0.4) is 0 Å². The Morgan fingerprint density at radius 3 is 2.65 bits per heavy atom. The minimum atomic E-state index is -0.730. The highest BCUT2D eigenvalue weighted by Crippen LogP contribution is 2.24. The highest BCUT2D eigenvalue weighted by Gasteiger charge is 2.26. The van der Waals surface area contributed by atoms with Crippen LogP contribution < -0.4 is 5.32 Å². The van der Waals surface area contributed by atoms with Gasteiger partial charge in [0.1, 0.15) is 0 Å². The fraction of sp³-hybridized carbons (Fsp3) is 0.400. The van der Waals surface area contributed by atoms with Gasteiger partial charge in [-0.25, -0.2) is 0 Å². The fourth-order valence-electron chi connectivity index (χ4n) is 2.38. The van der Waals surface area contributed by atoms with Gasteiger partial charge in [0.2, 0.25) is 5.91 Å². The van der Waals surface area contributed by atoms with Crippen molar-refractivity contribution >= 4 is 18.0 Å². The summed E-state index contributed by atoms with van der Waals surface area (Å²) in [4.78, 5) is 26.6. The molecule has 1 saturated carbocycles. The number of nitrogens with zero attached hydrogens (tertiary/aromatic N) is 1. The van der Waals surface area contributed by atoms with Crippen molar-refractivity contribution < 1.29 is 14.7 Å². The first kappa shape index (κ1) is 14.2. The number of pyridine rings is 1. The van der Waals surface area contributed by atoms with E-state index >= 15 is 0 Å². The summed E-state index contributed by atoms with van der Waals surface area (Å²) in [7, 11) is 0. The second-order valence-corrected chi connectivity index (χ2v) is 5.02. The quantitative estimate of drug-likeness (QED) is 0.821. The van der Waals surface area contributed by atoms with Crippen molar-refractivity contribution in [1.29, 1.82) is 0 Å². The van der Waals surface area contributed by atoms with Gasteiger partial charge < -0.3 is 10.4 Å². The molecule has 2 rings (SSSR count). The Hall–Kier alpha value is -2.17. The van der Waals surface area contributed by atoms with Gasteiger partial charge in [0, 0.05) is 24.5 Å². The van der Waals surface area contributed by atoms with Crippen LogP contribution in [0.25, 0.3) is 6.08 Å². The molecule has 1 amide bonds. The van der Waals surface area contributed by atoms with Crippen molar-refractivity contribution in [2.75, 3.05) is 0 Å². The Balaban J connectivity index is 1.78. The van der Waals surface area contributed by atoms with Gasteiger partial charge in [-0.05, 0) is 43.4 Å². The van der Waals surface area contributed by atoms with E-state index in [4.69, 9.17) is 5.11 Å². The van der Waals surface area contributed by atoms with Crippen LogP contribution >= 0.6 is 0 Å². The van der Waals surface area contributed by atoms with Crippen molar-refractivity contribution in [2.24, 2.45) is 5.92 Å². The maximum atomic E-state index is 11.8. The normalized spacial score (nSPS) is 22.6. The Labute approximate surface area is 117 Å². The molecule has 0 unspecified atom stereocenters. The van der Waals surface area contributed by atoms with Crippen LogP contribution in [-0.2, 0) is 9.59 Å². The molecule has 1 aromatic rings. The molecule has 2 N–H and O–H groups in total. The average Bonchev–Trinajstić information content (AvgIpc) is 2.47. The summed E-state index contributed by atoms with van der Waals surface area (Å²) in [5.41, 5.74) is 0.872. The van der Waals surface area contributed by atoms with Crippen LogP contribution in [0.5, 0.6) is 0 Å². The number of aromatic nitrogens is 1. The molecule has 0 aliphatic heterocycles. The third kappa shape index (κ3) is 4.19. The van der Waals surface area contributed by atoms with Gasteiger partial charge in [-0.15, -0.1) is 0 Å². The minimum Gasteiger partial charge on any atom is -0.481 e. The maximum Gasteiger partial charge on any atom is 0.306 e. The Kier molecular flexibility index (Phi) is 4.87. The van der Waals surface area contributed by atoms with Crippen molar-refractivity contribution in [3.63, 3.8) is 0 Å². The molecule has 0 aromatic carbocycles. The molecule has 0 saturated heterocycles. The molecule has 5 heteroatoms. The monoisotopic (exact) mass is 274 g/mol. The Morgan fingerprint density at radius 2 is 2.05 bits per heavy atom. The predicted molar refractivity (Wildman–Crippen MR) is 74.8 cm³/mol. The van der Waals surface area contributed by atoms with Crippen LogP contribution in [0.1, 0.15) is 31.2 Å². The van der Waals surface area contributed by atoms with Crippen LogP contribution in [0, 0.1) is 5.92 Å². The van der Waals surface area contributed by atoms with Gasteiger partial charge in [0.05, 0.1) is 5.92 Å². The molecular formula is C15H18N2O3. The number of carbonyl (C=O) groups excluding carboxylic acids is 1. The summed E-state index contributed by atoms with van der Waals surface area (Å²) >= 11 is 0. The summed E-state index contributed by atoms with van der Waals surface area (Å²) in [6.45, 7) is 0. The first-order valence-corrected chi connectivity index (χ1v) is 6.76. The second kappa shape index (κ2) is 6.84. The summed E-state index contributed by atoms with van der Waals surface area (Å²) in [6.07, 6.45) is 9.28. The number of aliphatic carboxylic acids is 1. The molecule has 1 heterocycles. The molecule has 106 valence electrons. The predicted octanol–water partition coefficient (Wildman–Crippen LogP) is 1.85. The number of carboxylic acid groups (broad SMARTS) is 1. The van der Waals surface area contributed by atoms with Gasteiger partial charge in [-0.1, -0.05) is 6.07 Å². The van der Waals surface area contributed by atoms with Crippen LogP contribution in [0.15, 0.2) is 30.6 Å². The Bertz CT molecular complexity index is 491. The lowest BCUT2D eigenvalue weighted by atomic mass is 9.86. The molecule has 0 atom stereocenters. The average molecular weight is 274 g/mol. The summed E-state index contributed by atoms with van der Waals surface area (Å²) < 4.78 is 0. The maximum absolute atomic E-state index is 11.8. The lowest BCUT2D eigenvalue weighted by Gasteiger charge is -2.26. The Morgan fingerprint density at radius 1 is 1.30 bits per heavy atom. The molecule has 1 aliphatic carbocycles. The van der Waals surface area contributed by atoms with Crippen LogP contribution in [0.2, 0.25) is 0 Å². The van der Waals surface area contributed by atoms with Crippen molar-refractivity contribution in [3.05, 3.63) is 36.2 Å². The fourth-order valence-corrected chi connectivity index (χ4v) is 2.38. The third-order valence-corrected chi connectivity index (χ3v) is 3.53. The topological polar surface area (TPSA) is 79.3 Å². The lowest BCUT2D eigenvalue weighted by Crippen LogP contribution is -2.37. The number of carboxylic acids is 1. The number of amides is 1. The van der Waals surface area contributed by atoms with Gasteiger partial charge in [0.25, 0.3) is 0 Å². The van der Waals surface area contributed by atoms with Crippen LogP contribution in [0.4, 0.5) is 0 Å². The number of rotatable bonds is 4. The van der Waals surface area contributed by atoms with Gasteiger partial charge in [-0.2, -0.15) is 0 Å². The standard InChI is InChI=1S/C15H18N2O3/c18-14(8-3-11-2-1-9-16-10-11)17-13-6-4-12(5-7-13)15(19)20/h1-3,8-10,12-13H,4-7H2,(H,17,18)(H,19,20)/b8-3+. The van der Waals surface area contributed by atoms with Crippen LogP contribution in [-0.4, -0.2) is 28.0 Å². The summed E-state index contributed by atoms with van der Waals surface area (Å²) in [5.74, 6) is -1.13. The molecule has 0 radical (unpaired) electrons. The molecule has 20 heavy (non-hydrogen) atoms. The molecule has 1 aromatic heterocycles. The molecule has 1 fully saturated rings. The van der Waals surface area contributed by atoms with Crippen molar-refractivity contribution in [2.45, 2.75) is 31.7 Å². The largest absolute Gasteiger partial charge is 0.481 e.